The normalized spacial score (nSPS) is 11.4. The lowest BCUT2D eigenvalue weighted by Gasteiger charge is -2.01. The molecule has 0 spiro atoms. The minimum Gasteiger partial charge on any atom is -0.207 e. The number of halogens is 1. The van der Waals surface area contributed by atoms with Crippen molar-refractivity contribution in [2.45, 2.75) is 0 Å². The molecule has 0 radical (unpaired) electrons. The Balaban J connectivity index is 1.84. The van der Waals surface area contributed by atoms with Gasteiger partial charge in [0.1, 0.15) is 0 Å². The van der Waals surface area contributed by atoms with Gasteiger partial charge in [0.25, 0.3) is 0 Å². The number of benzene rings is 3. The molecular formula is C25H18BrO+. The Morgan fingerprint density at radius 1 is 0.630 bits per heavy atom. The molecule has 4 aromatic rings. The van der Waals surface area contributed by atoms with E-state index < -0.39 is 0 Å². The zero-order valence-corrected chi connectivity index (χ0v) is 16.3. The van der Waals surface area contributed by atoms with Crippen molar-refractivity contribution >= 4 is 26.5 Å². The predicted octanol–water partition coefficient (Wildman–Crippen LogP) is 7.79. The second kappa shape index (κ2) is 8.15. The van der Waals surface area contributed by atoms with E-state index in [1.54, 1.807) is 0 Å². The molecule has 1 aromatic heterocycles. The molecule has 0 aliphatic rings. The van der Waals surface area contributed by atoms with Crippen LogP contribution < -0.4 is 0 Å². The predicted molar refractivity (Wildman–Crippen MR) is 117 cm³/mol. The molecule has 27 heavy (non-hydrogen) atoms. The Morgan fingerprint density at radius 2 is 1.07 bits per heavy atom. The summed E-state index contributed by atoms with van der Waals surface area (Å²) in [5, 5.41) is 0. The fraction of sp³-hybridized carbons (Fsp3) is 0. The van der Waals surface area contributed by atoms with Gasteiger partial charge in [-0.25, -0.2) is 4.42 Å². The molecule has 1 nitrogen and oxygen atoms in total. The molecule has 4 rings (SSSR count). The maximum atomic E-state index is 6.23. The van der Waals surface area contributed by atoms with Crippen molar-refractivity contribution in [1.82, 2.24) is 0 Å². The lowest BCUT2D eigenvalue weighted by Crippen LogP contribution is -1.85. The standard InChI is InChI=1S/C25H18BrO/c26-23(20-10-4-1-5-11-20)16-19-17-24(21-12-6-2-7-13-21)27-25(18-19)22-14-8-3-9-15-22/h1-18H/q+1/b23-16-. The summed E-state index contributed by atoms with van der Waals surface area (Å²) in [5.41, 5.74) is 4.33. The Bertz CT molecular complexity index is 997. The van der Waals surface area contributed by atoms with E-state index in [0.29, 0.717) is 0 Å². The van der Waals surface area contributed by atoms with Crippen molar-refractivity contribution in [1.29, 1.82) is 0 Å². The average Bonchev–Trinajstić information content (AvgIpc) is 2.75. The molecule has 2 heteroatoms. The fourth-order valence-corrected chi connectivity index (χ4v) is 3.45. The molecule has 3 aromatic carbocycles. The molecule has 0 fully saturated rings. The first-order chi connectivity index (χ1) is 13.3. The first kappa shape index (κ1) is 17.4. The average molecular weight is 414 g/mol. The molecule has 0 atom stereocenters. The van der Waals surface area contributed by atoms with Crippen LogP contribution in [0.1, 0.15) is 11.1 Å². The zero-order chi connectivity index (χ0) is 18.5. The highest BCUT2D eigenvalue weighted by atomic mass is 79.9. The molecule has 0 N–H and O–H groups in total. The summed E-state index contributed by atoms with van der Waals surface area (Å²) in [4.78, 5) is 0. The second-order valence-corrected chi connectivity index (χ2v) is 7.06. The topological polar surface area (TPSA) is 11.3 Å². The SMILES string of the molecule is Br/C(=C\c1cc(-c2ccccc2)[o+]c(-c2ccccc2)c1)c1ccccc1. The maximum absolute atomic E-state index is 6.23. The molecule has 130 valence electrons. The minimum absolute atomic E-state index is 0.844. The number of hydrogen-bond donors (Lipinski definition) is 0. The van der Waals surface area contributed by atoms with Crippen molar-refractivity contribution in [2.24, 2.45) is 0 Å². The lowest BCUT2D eigenvalue weighted by molar-refractivity contribution is 0.581. The quantitative estimate of drug-likeness (QED) is 0.310. The van der Waals surface area contributed by atoms with Gasteiger partial charge in [0.15, 0.2) is 0 Å². The second-order valence-electron chi connectivity index (χ2n) is 6.21. The van der Waals surface area contributed by atoms with Gasteiger partial charge in [-0.15, -0.1) is 0 Å². The molecule has 0 saturated carbocycles. The van der Waals surface area contributed by atoms with Crippen LogP contribution in [0.25, 0.3) is 33.2 Å². The van der Waals surface area contributed by atoms with E-state index >= 15 is 0 Å². The minimum atomic E-state index is 0.844. The smallest absolute Gasteiger partial charge is 0.207 e. The third-order valence-corrected chi connectivity index (χ3v) is 4.96. The van der Waals surface area contributed by atoms with Crippen LogP contribution in [0.15, 0.2) is 108 Å². The van der Waals surface area contributed by atoms with E-state index in [2.05, 4.69) is 70.5 Å². The third-order valence-electron chi connectivity index (χ3n) is 4.28. The Morgan fingerprint density at radius 3 is 1.56 bits per heavy atom. The van der Waals surface area contributed by atoms with E-state index in [0.717, 1.165) is 38.3 Å². The Hall–Kier alpha value is -2.97. The van der Waals surface area contributed by atoms with Gasteiger partial charge in [-0.1, -0.05) is 82.7 Å². The van der Waals surface area contributed by atoms with E-state index in [1.165, 1.54) is 0 Å². The molecule has 0 bridgehead atoms. The monoisotopic (exact) mass is 413 g/mol. The van der Waals surface area contributed by atoms with Crippen molar-refractivity contribution < 1.29 is 4.42 Å². The first-order valence-electron chi connectivity index (χ1n) is 8.81. The number of rotatable bonds is 4. The van der Waals surface area contributed by atoms with E-state index in [9.17, 15) is 0 Å². The van der Waals surface area contributed by atoms with Crippen molar-refractivity contribution in [3.63, 3.8) is 0 Å². The van der Waals surface area contributed by atoms with E-state index in [1.807, 2.05) is 54.6 Å². The molecule has 0 saturated heterocycles. The zero-order valence-electron chi connectivity index (χ0n) is 14.7. The van der Waals surface area contributed by atoms with Crippen LogP contribution in [0.4, 0.5) is 0 Å². The molecule has 1 heterocycles. The van der Waals surface area contributed by atoms with Crippen LogP contribution >= 0.6 is 15.9 Å². The Labute approximate surface area is 167 Å². The van der Waals surface area contributed by atoms with Crippen LogP contribution in [-0.4, -0.2) is 0 Å². The summed E-state index contributed by atoms with van der Waals surface area (Å²) in [6.07, 6.45) is 2.13. The van der Waals surface area contributed by atoms with E-state index in [4.69, 9.17) is 4.42 Å². The summed E-state index contributed by atoms with van der Waals surface area (Å²) in [6, 6.07) is 34.8. The van der Waals surface area contributed by atoms with Gasteiger partial charge >= 0.3 is 11.5 Å². The summed E-state index contributed by atoms with van der Waals surface area (Å²) in [6.45, 7) is 0. The highest BCUT2D eigenvalue weighted by Crippen LogP contribution is 2.31. The number of hydrogen-bond acceptors (Lipinski definition) is 0. The highest BCUT2D eigenvalue weighted by molar-refractivity contribution is 9.15. The fourth-order valence-electron chi connectivity index (χ4n) is 2.92. The summed E-state index contributed by atoms with van der Waals surface area (Å²) < 4.78 is 7.27. The third kappa shape index (κ3) is 4.24. The van der Waals surface area contributed by atoms with Crippen molar-refractivity contribution in [2.75, 3.05) is 0 Å². The van der Waals surface area contributed by atoms with Gasteiger partial charge in [-0.3, -0.25) is 0 Å². The summed E-state index contributed by atoms with van der Waals surface area (Å²) in [5.74, 6) is 1.69. The van der Waals surface area contributed by atoms with Crippen LogP contribution in [0.5, 0.6) is 0 Å². The van der Waals surface area contributed by atoms with Crippen LogP contribution in [-0.2, 0) is 0 Å². The van der Waals surface area contributed by atoms with Crippen LogP contribution in [0.3, 0.4) is 0 Å². The van der Waals surface area contributed by atoms with Gasteiger partial charge in [0.2, 0.25) is 0 Å². The maximum Gasteiger partial charge on any atom is 0.361 e. The first-order valence-corrected chi connectivity index (χ1v) is 9.60. The van der Waals surface area contributed by atoms with Crippen molar-refractivity contribution in [3.05, 3.63) is 114 Å². The van der Waals surface area contributed by atoms with E-state index in [-0.39, 0.29) is 0 Å². The molecular weight excluding hydrogens is 396 g/mol. The highest BCUT2D eigenvalue weighted by Gasteiger charge is 2.19. The molecule has 0 aliphatic carbocycles. The van der Waals surface area contributed by atoms with Crippen LogP contribution in [0.2, 0.25) is 0 Å². The van der Waals surface area contributed by atoms with Gasteiger partial charge in [0.05, 0.1) is 23.3 Å². The van der Waals surface area contributed by atoms with Crippen molar-refractivity contribution in [3.8, 4) is 22.6 Å². The molecule has 0 amide bonds. The molecule has 0 unspecified atom stereocenters. The summed E-state index contributed by atoms with van der Waals surface area (Å²) in [7, 11) is 0. The van der Waals surface area contributed by atoms with Gasteiger partial charge in [-0.05, 0) is 41.5 Å². The van der Waals surface area contributed by atoms with Gasteiger partial charge in [0, 0.05) is 4.48 Å². The van der Waals surface area contributed by atoms with Gasteiger partial charge in [-0.2, -0.15) is 0 Å². The Kier molecular flexibility index (Phi) is 5.27. The lowest BCUT2D eigenvalue weighted by atomic mass is 10.1. The summed E-state index contributed by atoms with van der Waals surface area (Å²) >= 11 is 3.71. The largest absolute Gasteiger partial charge is 0.361 e. The molecule has 0 aliphatic heterocycles. The van der Waals surface area contributed by atoms with Gasteiger partial charge < -0.3 is 0 Å². The van der Waals surface area contributed by atoms with Crippen LogP contribution in [0, 0.1) is 0 Å².